The van der Waals surface area contributed by atoms with Gasteiger partial charge in [0.2, 0.25) is 0 Å². The van der Waals surface area contributed by atoms with Crippen molar-refractivity contribution in [2.24, 2.45) is 0 Å². The van der Waals surface area contributed by atoms with Crippen LogP contribution in [0.25, 0.3) is 0 Å². The van der Waals surface area contributed by atoms with E-state index < -0.39 is 5.97 Å². The molecule has 0 N–H and O–H groups in total. The maximum atomic E-state index is 12.9. The van der Waals surface area contributed by atoms with Crippen LogP contribution in [0.15, 0.2) is 48.5 Å². The molecule has 0 aromatic heterocycles. The molecule has 3 rings (SSSR count). The summed E-state index contributed by atoms with van der Waals surface area (Å²) in [6.45, 7) is 3.81. The first-order chi connectivity index (χ1) is 13.6. The van der Waals surface area contributed by atoms with Gasteiger partial charge in [0.25, 0.3) is 5.91 Å². The van der Waals surface area contributed by atoms with Crippen molar-refractivity contribution in [1.29, 1.82) is 5.26 Å². The monoisotopic (exact) mass is 377 g/mol. The van der Waals surface area contributed by atoms with E-state index in [9.17, 15) is 9.59 Å². The highest BCUT2D eigenvalue weighted by Crippen LogP contribution is 2.14. The zero-order chi connectivity index (χ0) is 19.9. The standard InChI is InChI=1S/C22H23N3O3/c1-28-22(27)20-5-2-4-19(14-20)21(26)25-11-3-10-24(12-13-25)16-18-8-6-17(15-23)7-9-18/h2,4-9,14H,3,10-13,16H2,1H3. The van der Waals surface area contributed by atoms with Gasteiger partial charge in [-0.3, -0.25) is 9.69 Å². The van der Waals surface area contributed by atoms with E-state index in [0.717, 1.165) is 31.6 Å². The molecule has 0 unspecified atom stereocenters. The fourth-order valence-corrected chi connectivity index (χ4v) is 3.35. The van der Waals surface area contributed by atoms with Crippen molar-refractivity contribution < 1.29 is 14.3 Å². The first kappa shape index (κ1) is 19.6. The summed E-state index contributed by atoms with van der Waals surface area (Å²) in [4.78, 5) is 28.7. The summed E-state index contributed by atoms with van der Waals surface area (Å²) in [5.74, 6) is -0.509. The highest BCUT2D eigenvalue weighted by Gasteiger charge is 2.21. The first-order valence-corrected chi connectivity index (χ1v) is 9.30. The number of hydrogen-bond acceptors (Lipinski definition) is 5. The van der Waals surface area contributed by atoms with Gasteiger partial charge in [0.1, 0.15) is 0 Å². The minimum absolute atomic E-state index is 0.0639. The van der Waals surface area contributed by atoms with Crippen LogP contribution >= 0.6 is 0 Å². The van der Waals surface area contributed by atoms with E-state index >= 15 is 0 Å². The molecule has 1 amide bonds. The summed E-state index contributed by atoms with van der Waals surface area (Å²) in [6, 6.07) is 16.4. The van der Waals surface area contributed by atoms with Crippen molar-refractivity contribution in [3.8, 4) is 6.07 Å². The van der Waals surface area contributed by atoms with Crippen molar-refractivity contribution in [3.05, 3.63) is 70.8 Å². The SMILES string of the molecule is COC(=O)c1cccc(C(=O)N2CCCN(Cc3ccc(C#N)cc3)CC2)c1. The van der Waals surface area contributed by atoms with Crippen LogP contribution < -0.4 is 0 Å². The lowest BCUT2D eigenvalue weighted by Gasteiger charge is -2.22. The summed E-state index contributed by atoms with van der Waals surface area (Å²) < 4.78 is 4.73. The van der Waals surface area contributed by atoms with Crippen LogP contribution in [-0.4, -0.2) is 55.0 Å². The van der Waals surface area contributed by atoms with Crippen molar-refractivity contribution in [2.45, 2.75) is 13.0 Å². The summed E-state index contributed by atoms with van der Waals surface area (Å²) in [5.41, 5.74) is 2.70. The van der Waals surface area contributed by atoms with Gasteiger partial charge in [-0.25, -0.2) is 4.79 Å². The quantitative estimate of drug-likeness (QED) is 0.766. The van der Waals surface area contributed by atoms with Gasteiger partial charge in [0.15, 0.2) is 0 Å². The zero-order valence-corrected chi connectivity index (χ0v) is 15.9. The number of esters is 1. The van der Waals surface area contributed by atoms with Crippen LogP contribution in [0.3, 0.4) is 0 Å². The summed E-state index contributed by atoms with van der Waals surface area (Å²) in [7, 11) is 1.33. The minimum atomic E-state index is -0.445. The number of ether oxygens (including phenoxy) is 1. The fourth-order valence-electron chi connectivity index (χ4n) is 3.35. The third-order valence-electron chi connectivity index (χ3n) is 4.90. The maximum Gasteiger partial charge on any atom is 0.337 e. The van der Waals surface area contributed by atoms with Crippen molar-refractivity contribution in [1.82, 2.24) is 9.80 Å². The van der Waals surface area contributed by atoms with E-state index in [1.54, 1.807) is 24.3 Å². The molecular weight excluding hydrogens is 354 g/mol. The second-order valence-corrected chi connectivity index (χ2v) is 6.80. The largest absolute Gasteiger partial charge is 0.465 e. The Balaban J connectivity index is 1.62. The number of carbonyl (C=O) groups excluding carboxylic acids is 2. The Morgan fingerprint density at radius 2 is 1.79 bits per heavy atom. The molecule has 1 heterocycles. The molecule has 28 heavy (non-hydrogen) atoms. The van der Waals surface area contributed by atoms with Gasteiger partial charge in [-0.2, -0.15) is 5.26 Å². The van der Waals surface area contributed by atoms with Crippen LogP contribution in [0.2, 0.25) is 0 Å². The van der Waals surface area contributed by atoms with E-state index in [1.807, 2.05) is 29.2 Å². The molecule has 0 aliphatic carbocycles. The second kappa shape index (κ2) is 9.16. The Morgan fingerprint density at radius 1 is 1.04 bits per heavy atom. The maximum absolute atomic E-state index is 12.9. The van der Waals surface area contributed by atoms with E-state index in [2.05, 4.69) is 11.0 Å². The normalized spacial score (nSPS) is 14.8. The van der Waals surface area contributed by atoms with Gasteiger partial charge in [0.05, 0.1) is 24.3 Å². The molecule has 144 valence electrons. The molecule has 0 bridgehead atoms. The highest BCUT2D eigenvalue weighted by molar-refractivity contribution is 5.97. The predicted molar refractivity (Wildman–Crippen MR) is 105 cm³/mol. The number of amides is 1. The molecule has 1 saturated heterocycles. The number of rotatable bonds is 4. The van der Waals surface area contributed by atoms with E-state index in [4.69, 9.17) is 10.00 Å². The van der Waals surface area contributed by atoms with Crippen LogP contribution in [0.4, 0.5) is 0 Å². The van der Waals surface area contributed by atoms with Gasteiger partial charge in [-0.15, -0.1) is 0 Å². The third kappa shape index (κ3) is 4.76. The number of carbonyl (C=O) groups is 2. The lowest BCUT2D eigenvalue weighted by molar-refractivity contribution is 0.0600. The molecule has 0 saturated carbocycles. The van der Waals surface area contributed by atoms with Crippen LogP contribution in [0, 0.1) is 11.3 Å². The van der Waals surface area contributed by atoms with Crippen LogP contribution in [-0.2, 0) is 11.3 Å². The molecule has 0 spiro atoms. The Labute approximate surface area is 164 Å². The smallest absolute Gasteiger partial charge is 0.337 e. The minimum Gasteiger partial charge on any atom is -0.465 e. The molecule has 1 fully saturated rings. The number of hydrogen-bond donors (Lipinski definition) is 0. The predicted octanol–water partition coefficient (Wildman–Crippen LogP) is 2.69. The van der Waals surface area contributed by atoms with Gasteiger partial charge in [-0.1, -0.05) is 18.2 Å². The van der Waals surface area contributed by atoms with Crippen molar-refractivity contribution in [2.75, 3.05) is 33.3 Å². The molecule has 6 heteroatoms. The number of nitriles is 1. The van der Waals surface area contributed by atoms with Crippen molar-refractivity contribution in [3.63, 3.8) is 0 Å². The highest BCUT2D eigenvalue weighted by atomic mass is 16.5. The molecule has 0 radical (unpaired) electrons. The van der Waals surface area contributed by atoms with Gasteiger partial charge < -0.3 is 9.64 Å². The molecule has 2 aromatic carbocycles. The Kier molecular flexibility index (Phi) is 6.41. The Bertz CT molecular complexity index is 887. The van der Waals surface area contributed by atoms with Crippen LogP contribution in [0.1, 0.15) is 38.3 Å². The number of benzene rings is 2. The lowest BCUT2D eigenvalue weighted by atomic mass is 10.1. The molecular formula is C22H23N3O3. The zero-order valence-electron chi connectivity index (χ0n) is 15.9. The van der Waals surface area contributed by atoms with Gasteiger partial charge >= 0.3 is 5.97 Å². The van der Waals surface area contributed by atoms with E-state index in [-0.39, 0.29) is 5.91 Å². The number of methoxy groups -OCH3 is 1. The van der Waals surface area contributed by atoms with Crippen LogP contribution in [0.5, 0.6) is 0 Å². The average molecular weight is 377 g/mol. The van der Waals surface area contributed by atoms with E-state index in [1.165, 1.54) is 7.11 Å². The Hall–Kier alpha value is -3.17. The third-order valence-corrected chi connectivity index (χ3v) is 4.90. The molecule has 0 atom stereocenters. The lowest BCUT2D eigenvalue weighted by Crippen LogP contribution is -2.35. The Morgan fingerprint density at radius 3 is 2.50 bits per heavy atom. The molecule has 1 aliphatic heterocycles. The topological polar surface area (TPSA) is 73.6 Å². The van der Waals surface area contributed by atoms with Crippen molar-refractivity contribution >= 4 is 11.9 Å². The van der Waals surface area contributed by atoms with Gasteiger partial charge in [-0.05, 0) is 42.3 Å². The van der Waals surface area contributed by atoms with E-state index in [0.29, 0.717) is 29.8 Å². The summed E-state index contributed by atoms with van der Waals surface area (Å²) in [6.07, 6.45) is 0.888. The molecule has 2 aromatic rings. The van der Waals surface area contributed by atoms with Gasteiger partial charge in [0, 0.05) is 38.3 Å². The molecule has 6 nitrogen and oxygen atoms in total. The average Bonchev–Trinajstić information content (AvgIpc) is 2.99. The first-order valence-electron chi connectivity index (χ1n) is 9.30. The fraction of sp³-hybridized carbons (Fsp3) is 0.318. The number of nitrogens with zero attached hydrogens (tertiary/aromatic N) is 3. The summed E-state index contributed by atoms with van der Waals surface area (Å²) >= 11 is 0. The second-order valence-electron chi connectivity index (χ2n) is 6.80. The summed E-state index contributed by atoms with van der Waals surface area (Å²) in [5, 5.41) is 8.90. The molecule has 1 aliphatic rings.